The summed E-state index contributed by atoms with van der Waals surface area (Å²) in [5, 5.41) is 5.70. The van der Waals surface area contributed by atoms with E-state index in [1.165, 1.54) is 0 Å². The molecule has 3 aromatic carbocycles. The van der Waals surface area contributed by atoms with Crippen LogP contribution in [0, 0.1) is 0 Å². The Hall–Kier alpha value is -3.92. The van der Waals surface area contributed by atoms with Gasteiger partial charge in [0.05, 0.1) is 0 Å². The summed E-state index contributed by atoms with van der Waals surface area (Å²) < 4.78 is 0. The molecule has 0 heterocycles. The van der Waals surface area contributed by atoms with Crippen molar-refractivity contribution < 1.29 is 9.59 Å². The summed E-state index contributed by atoms with van der Waals surface area (Å²) in [4.78, 5) is 24.9. The highest BCUT2D eigenvalue weighted by Crippen LogP contribution is 2.18. The van der Waals surface area contributed by atoms with E-state index in [1.807, 2.05) is 36.4 Å². The topological polar surface area (TPSA) is 58.2 Å². The molecule has 4 heteroatoms. The van der Waals surface area contributed by atoms with Crippen LogP contribution in [0.15, 0.2) is 86.0 Å². The van der Waals surface area contributed by atoms with Gasteiger partial charge < -0.3 is 10.6 Å². The smallest absolute Gasteiger partial charge is 0.256 e. The first kappa shape index (κ1) is 18.9. The molecule has 0 unspecified atom stereocenters. The zero-order chi connectivity index (χ0) is 19.9. The summed E-state index contributed by atoms with van der Waals surface area (Å²) in [6.07, 6.45) is 3.29. The fourth-order valence-corrected chi connectivity index (χ4v) is 2.80. The molecule has 0 spiro atoms. The van der Waals surface area contributed by atoms with Gasteiger partial charge in [0.1, 0.15) is 0 Å². The molecule has 0 aliphatic rings. The molecular weight excluding hydrogens is 348 g/mol. The number of hydrogen-bond acceptors (Lipinski definition) is 2. The predicted molar refractivity (Wildman–Crippen MR) is 115 cm³/mol. The predicted octanol–water partition coefficient (Wildman–Crippen LogP) is 5.48. The minimum Gasteiger partial charge on any atom is -0.322 e. The fraction of sp³-hybridized carbons (Fsp3) is 0. The standard InChI is InChI=1S/C24H20N2O2/c1-3-17-9-5-7-11-21(17)23(27)25-19-13-15-20(16-14-19)26-24(28)22-12-8-6-10-18(22)4-2/h3-16H,1-2H2,(H,25,27)(H,26,28). The maximum atomic E-state index is 12.5. The van der Waals surface area contributed by atoms with Gasteiger partial charge >= 0.3 is 0 Å². The van der Waals surface area contributed by atoms with E-state index in [1.54, 1.807) is 48.6 Å². The maximum absolute atomic E-state index is 12.5. The van der Waals surface area contributed by atoms with Crippen molar-refractivity contribution in [2.75, 3.05) is 10.6 Å². The molecule has 2 amide bonds. The van der Waals surface area contributed by atoms with Gasteiger partial charge in [0.2, 0.25) is 0 Å². The molecule has 0 saturated heterocycles. The van der Waals surface area contributed by atoms with Crippen molar-refractivity contribution in [2.24, 2.45) is 0 Å². The van der Waals surface area contributed by atoms with E-state index < -0.39 is 0 Å². The molecular formula is C24H20N2O2. The Balaban J connectivity index is 1.70. The van der Waals surface area contributed by atoms with Crippen molar-refractivity contribution in [1.29, 1.82) is 0 Å². The first-order valence-electron chi connectivity index (χ1n) is 8.78. The van der Waals surface area contributed by atoms with Crippen LogP contribution in [0.5, 0.6) is 0 Å². The average Bonchev–Trinajstić information content (AvgIpc) is 2.74. The van der Waals surface area contributed by atoms with Gasteiger partial charge in [-0.2, -0.15) is 0 Å². The van der Waals surface area contributed by atoms with Crippen molar-refractivity contribution in [3.8, 4) is 0 Å². The number of carbonyl (C=O) groups is 2. The summed E-state index contributed by atoms with van der Waals surface area (Å²) in [7, 11) is 0. The van der Waals surface area contributed by atoms with Crippen LogP contribution in [0.3, 0.4) is 0 Å². The zero-order valence-electron chi connectivity index (χ0n) is 15.3. The second-order valence-electron chi connectivity index (χ2n) is 6.07. The monoisotopic (exact) mass is 368 g/mol. The van der Waals surface area contributed by atoms with Gasteiger partial charge in [-0.25, -0.2) is 0 Å². The number of rotatable bonds is 6. The van der Waals surface area contributed by atoms with Gasteiger partial charge in [-0.3, -0.25) is 9.59 Å². The Labute approximate surface area is 164 Å². The maximum Gasteiger partial charge on any atom is 0.256 e. The number of hydrogen-bond donors (Lipinski definition) is 2. The summed E-state index contributed by atoms with van der Waals surface area (Å²) in [5.41, 5.74) is 3.91. The third-order valence-electron chi connectivity index (χ3n) is 4.25. The second kappa shape index (κ2) is 8.64. The minimum absolute atomic E-state index is 0.216. The molecule has 0 aliphatic carbocycles. The third-order valence-corrected chi connectivity index (χ3v) is 4.25. The van der Waals surface area contributed by atoms with E-state index in [0.717, 1.165) is 11.1 Å². The molecule has 4 nitrogen and oxygen atoms in total. The molecule has 0 aromatic heterocycles. The first-order chi connectivity index (χ1) is 13.6. The number of nitrogens with one attached hydrogen (secondary N) is 2. The molecule has 3 aromatic rings. The molecule has 0 bridgehead atoms. The summed E-state index contributed by atoms with van der Waals surface area (Å²) in [5.74, 6) is -0.431. The van der Waals surface area contributed by atoms with Gasteiger partial charge in [0, 0.05) is 22.5 Å². The molecule has 2 N–H and O–H groups in total. The van der Waals surface area contributed by atoms with Crippen LogP contribution in [0.25, 0.3) is 12.2 Å². The van der Waals surface area contributed by atoms with E-state index in [-0.39, 0.29) is 11.8 Å². The lowest BCUT2D eigenvalue weighted by atomic mass is 10.1. The van der Waals surface area contributed by atoms with Crippen LogP contribution >= 0.6 is 0 Å². The molecule has 0 fully saturated rings. The SMILES string of the molecule is C=Cc1ccccc1C(=O)Nc1ccc(NC(=O)c2ccccc2C=C)cc1. The normalized spacial score (nSPS) is 10.0. The second-order valence-corrected chi connectivity index (χ2v) is 6.07. The summed E-state index contributed by atoms with van der Waals surface area (Å²) in [6, 6.07) is 21.5. The van der Waals surface area contributed by atoms with Crippen LogP contribution in [0.1, 0.15) is 31.8 Å². The van der Waals surface area contributed by atoms with Crippen LogP contribution in [0.4, 0.5) is 11.4 Å². The van der Waals surface area contributed by atoms with Crippen LogP contribution in [-0.4, -0.2) is 11.8 Å². The molecule has 0 saturated carbocycles. The average molecular weight is 368 g/mol. The number of anilines is 2. The van der Waals surface area contributed by atoms with E-state index in [0.29, 0.717) is 22.5 Å². The number of amides is 2. The lowest BCUT2D eigenvalue weighted by Gasteiger charge is -2.10. The minimum atomic E-state index is -0.216. The zero-order valence-corrected chi connectivity index (χ0v) is 15.3. The Kier molecular flexibility index (Phi) is 5.82. The van der Waals surface area contributed by atoms with Crippen molar-refractivity contribution in [3.05, 3.63) is 108 Å². The Bertz CT molecular complexity index is 952. The molecule has 0 atom stereocenters. The molecule has 0 radical (unpaired) electrons. The van der Waals surface area contributed by atoms with Crippen molar-refractivity contribution in [1.82, 2.24) is 0 Å². The first-order valence-corrected chi connectivity index (χ1v) is 8.78. The fourth-order valence-electron chi connectivity index (χ4n) is 2.80. The Morgan fingerprint density at radius 2 is 0.964 bits per heavy atom. The van der Waals surface area contributed by atoms with Gasteiger partial charge in [-0.05, 0) is 47.5 Å². The molecule has 138 valence electrons. The third kappa shape index (κ3) is 4.24. The Morgan fingerprint density at radius 3 is 1.32 bits per heavy atom. The van der Waals surface area contributed by atoms with Crippen LogP contribution in [0.2, 0.25) is 0 Å². The highest BCUT2D eigenvalue weighted by atomic mass is 16.2. The van der Waals surface area contributed by atoms with Gasteiger partial charge in [-0.1, -0.05) is 61.7 Å². The van der Waals surface area contributed by atoms with Gasteiger partial charge in [0.15, 0.2) is 0 Å². The number of carbonyl (C=O) groups excluding carboxylic acids is 2. The Morgan fingerprint density at radius 1 is 0.607 bits per heavy atom. The lowest BCUT2D eigenvalue weighted by Crippen LogP contribution is -2.14. The van der Waals surface area contributed by atoms with Crippen molar-refractivity contribution in [2.45, 2.75) is 0 Å². The van der Waals surface area contributed by atoms with E-state index in [2.05, 4.69) is 23.8 Å². The number of benzene rings is 3. The summed E-state index contributed by atoms with van der Waals surface area (Å²) >= 11 is 0. The van der Waals surface area contributed by atoms with Crippen molar-refractivity contribution >= 4 is 35.3 Å². The quantitative estimate of drug-likeness (QED) is 0.605. The molecule has 28 heavy (non-hydrogen) atoms. The van der Waals surface area contributed by atoms with Gasteiger partial charge in [-0.15, -0.1) is 0 Å². The highest BCUT2D eigenvalue weighted by Gasteiger charge is 2.11. The highest BCUT2D eigenvalue weighted by molar-refractivity contribution is 6.08. The molecule has 3 rings (SSSR count). The van der Waals surface area contributed by atoms with Crippen LogP contribution < -0.4 is 10.6 Å². The van der Waals surface area contributed by atoms with E-state index in [9.17, 15) is 9.59 Å². The van der Waals surface area contributed by atoms with Crippen molar-refractivity contribution in [3.63, 3.8) is 0 Å². The molecule has 0 aliphatic heterocycles. The van der Waals surface area contributed by atoms with E-state index >= 15 is 0 Å². The largest absolute Gasteiger partial charge is 0.322 e. The summed E-state index contributed by atoms with van der Waals surface area (Å²) in [6.45, 7) is 7.46. The van der Waals surface area contributed by atoms with Crippen LogP contribution in [-0.2, 0) is 0 Å². The van der Waals surface area contributed by atoms with E-state index in [4.69, 9.17) is 0 Å². The lowest BCUT2D eigenvalue weighted by molar-refractivity contribution is 0.101. The van der Waals surface area contributed by atoms with Gasteiger partial charge in [0.25, 0.3) is 11.8 Å².